The van der Waals surface area contributed by atoms with E-state index in [9.17, 15) is 0 Å². The number of nitrogens with zero attached hydrogens (tertiary/aromatic N) is 2. The van der Waals surface area contributed by atoms with Crippen LogP contribution in [0.2, 0.25) is 0 Å². The number of phenols is 1. The van der Waals surface area contributed by atoms with E-state index < -0.39 is 0 Å². The van der Waals surface area contributed by atoms with Crippen LogP contribution in [0.3, 0.4) is 0 Å². The van der Waals surface area contributed by atoms with Crippen molar-refractivity contribution >= 4 is 0 Å². The molecule has 0 atom stereocenters. The number of hydrogen-bond acceptors (Lipinski definition) is 3. The van der Waals surface area contributed by atoms with Gasteiger partial charge in [0.1, 0.15) is 12.4 Å². The van der Waals surface area contributed by atoms with Gasteiger partial charge >= 0.3 is 0 Å². The molecule has 4 nitrogen and oxygen atoms in total. The van der Waals surface area contributed by atoms with Gasteiger partial charge in [0.2, 0.25) is 0 Å². The smallest absolute Gasteiger partial charge is 0.157 e. The Morgan fingerprint density at radius 2 is 2.06 bits per heavy atom. The van der Waals surface area contributed by atoms with Crippen LogP contribution in [-0.2, 0) is 13.2 Å². The maximum Gasteiger partial charge on any atom is 0.157 e. The largest absolute Gasteiger partial charge is 0.508 e. The molecule has 1 aromatic heterocycles. The van der Waals surface area contributed by atoms with Crippen molar-refractivity contribution in [3.63, 3.8) is 0 Å². The molecule has 0 amide bonds. The van der Waals surface area contributed by atoms with E-state index in [-0.39, 0.29) is 5.75 Å². The number of ether oxygens (including phenoxy) is 1. The molecule has 2 rings (SSSR count). The van der Waals surface area contributed by atoms with Gasteiger partial charge in [-0.1, -0.05) is 12.1 Å². The van der Waals surface area contributed by atoms with E-state index in [0.29, 0.717) is 6.61 Å². The van der Waals surface area contributed by atoms with Crippen molar-refractivity contribution in [2.45, 2.75) is 20.1 Å². The van der Waals surface area contributed by atoms with Crippen LogP contribution in [0, 0.1) is 0 Å². The van der Waals surface area contributed by atoms with Crippen molar-refractivity contribution in [1.82, 2.24) is 9.78 Å². The summed E-state index contributed by atoms with van der Waals surface area (Å²) in [6.07, 6.45) is 3.56. The van der Waals surface area contributed by atoms with Gasteiger partial charge in [0.15, 0.2) is 5.75 Å². The predicted molar refractivity (Wildman–Crippen MR) is 60.3 cm³/mol. The lowest BCUT2D eigenvalue weighted by atomic mass is 10.2. The zero-order chi connectivity index (χ0) is 11.4. The summed E-state index contributed by atoms with van der Waals surface area (Å²) in [5.41, 5.74) is 1.02. The van der Waals surface area contributed by atoms with E-state index in [1.807, 2.05) is 29.9 Å². The molecule has 4 heteroatoms. The van der Waals surface area contributed by atoms with E-state index in [4.69, 9.17) is 9.84 Å². The van der Waals surface area contributed by atoms with E-state index in [1.54, 1.807) is 18.3 Å². The number of benzene rings is 1. The Morgan fingerprint density at radius 3 is 2.69 bits per heavy atom. The molecule has 0 unspecified atom stereocenters. The Labute approximate surface area is 94.1 Å². The quantitative estimate of drug-likeness (QED) is 0.855. The first kappa shape index (κ1) is 10.5. The van der Waals surface area contributed by atoms with Gasteiger partial charge in [0.25, 0.3) is 0 Å². The third-order valence-corrected chi connectivity index (χ3v) is 2.28. The predicted octanol–water partition coefficient (Wildman–Crippen LogP) is 2.19. The molecule has 16 heavy (non-hydrogen) atoms. The van der Waals surface area contributed by atoms with E-state index in [1.165, 1.54) is 0 Å². The molecule has 0 aliphatic carbocycles. The molecule has 0 saturated carbocycles. The van der Waals surface area contributed by atoms with Crippen LogP contribution >= 0.6 is 0 Å². The van der Waals surface area contributed by atoms with Crippen LogP contribution in [0.1, 0.15) is 12.5 Å². The summed E-state index contributed by atoms with van der Waals surface area (Å²) in [5, 5.41) is 13.2. The summed E-state index contributed by atoms with van der Waals surface area (Å²) in [4.78, 5) is 0. The van der Waals surface area contributed by atoms with Crippen molar-refractivity contribution in [3.8, 4) is 11.5 Å². The number of aromatic hydroxyl groups is 1. The fourth-order valence-electron chi connectivity index (χ4n) is 1.35. The first-order chi connectivity index (χ1) is 7.78. The normalized spacial score (nSPS) is 10.3. The third kappa shape index (κ3) is 2.53. The zero-order valence-electron chi connectivity index (χ0n) is 9.13. The summed E-state index contributed by atoms with van der Waals surface area (Å²) in [7, 11) is 0. The number of rotatable bonds is 4. The molecule has 0 fully saturated rings. The van der Waals surface area contributed by atoms with Crippen LogP contribution in [-0.4, -0.2) is 14.9 Å². The first-order valence-corrected chi connectivity index (χ1v) is 5.21. The highest BCUT2D eigenvalue weighted by atomic mass is 16.5. The Morgan fingerprint density at radius 1 is 1.31 bits per heavy atom. The van der Waals surface area contributed by atoms with E-state index in [0.717, 1.165) is 17.9 Å². The van der Waals surface area contributed by atoms with Crippen molar-refractivity contribution in [2.75, 3.05) is 0 Å². The topological polar surface area (TPSA) is 47.3 Å². The van der Waals surface area contributed by atoms with Crippen LogP contribution in [0.4, 0.5) is 0 Å². The van der Waals surface area contributed by atoms with Gasteiger partial charge in [-0.15, -0.1) is 0 Å². The second kappa shape index (κ2) is 4.70. The van der Waals surface area contributed by atoms with Gasteiger partial charge in [0, 0.05) is 6.54 Å². The van der Waals surface area contributed by atoms with Gasteiger partial charge in [-0.2, -0.15) is 5.10 Å². The fourth-order valence-corrected chi connectivity index (χ4v) is 1.35. The van der Waals surface area contributed by atoms with Gasteiger partial charge in [-0.05, 0) is 24.6 Å². The summed E-state index contributed by atoms with van der Waals surface area (Å²) >= 11 is 0. The molecule has 0 spiro atoms. The first-order valence-electron chi connectivity index (χ1n) is 5.21. The molecule has 2 aromatic rings. The van der Waals surface area contributed by atoms with Gasteiger partial charge in [-0.3, -0.25) is 4.68 Å². The Bertz CT molecular complexity index is 448. The zero-order valence-corrected chi connectivity index (χ0v) is 9.13. The highest BCUT2D eigenvalue weighted by molar-refractivity contribution is 5.26. The molecule has 84 valence electrons. The van der Waals surface area contributed by atoms with E-state index in [2.05, 4.69) is 5.10 Å². The maximum absolute atomic E-state index is 9.12. The van der Waals surface area contributed by atoms with Crippen LogP contribution in [0.25, 0.3) is 0 Å². The molecule has 0 aliphatic heterocycles. The molecule has 1 aromatic carbocycles. The molecular weight excluding hydrogens is 204 g/mol. The van der Waals surface area contributed by atoms with Crippen LogP contribution < -0.4 is 4.74 Å². The summed E-state index contributed by atoms with van der Waals surface area (Å²) in [5.74, 6) is 1.03. The van der Waals surface area contributed by atoms with Crippen LogP contribution in [0.5, 0.6) is 11.5 Å². The second-order valence-electron chi connectivity index (χ2n) is 3.49. The molecule has 0 bridgehead atoms. The van der Waals surface area contributed by atoms with Crippen molar-refractivity contribution in [1.29, 1.82) is 0 Å². The minimum absolute atomic E-state index is 0.266. The second-order valence-corrected chi connectivity index (χ2v) is 3.49. The molecule has 1 heterocycles. The highest BCUT2D eigenvalue weighted by Crippen LogP contribution is 2.13. The Balaban J connectivity index is 1.94. The number of aromatic nitrogens is 2. The lowest BCUT2D eigenvalue weighted by Gasteiger charge is -2.03. The van der Waals surface area contributed by atoms with Gasteiger partial charge < -0.3 is 9.84 Å². The molecule has 0 saturated heterocycles. The average molecular weight is 218 g/mol. The monoisotopic (exact) mass is 218 g/mol. The van der Waals surface area contributed by atoms with Crippen molar-refractivity contribution < 1.29 is 9.84 Å². The molecular formula is C12H14N2O2. The van der Waals surface area contributed by atoms with Gasteiger partial charge in [-0.25, -0.2) is 0 Å². The summed E-state index contributed by atoms with van der Waals surface area (Å²) < 4.78 is 7.36. The number of hydrogen-bond donors (Lipinski definition) is 1. The standard InChI is InChI=1S/C12H14N2O2/c1-2-14-8-12(7-13-14)16-9-10-3-5-11(15)6-4-10/h3-8,15H,2,9H2,1H3. The third-order valence-electron chi connectivity index (χ3n) is 2.28. The molecule has 0 aliphatic rings. The number of aryl methyl sites for hydroxylation is 1. The summed E-state index contributed by atoms with van der Waals surface area (Å²) in [6.45, 7) is 3.34. The summed E-state index contributed by atoms with van der Waals surface area (Å²) in [6, 6.07) is 6.96. The highest BCUT2D eigenvalue weighted by Gasteiger charge is 1.99. The Hall–Kier alpha value is -1.97. The molecule has 0 radical (unpaired) electrons. The SMILES string of the molecule is CCn1cc(OCc2ccc(O)cc2)cn1. The maximum atomic E-state index is 9.12. The minimum atomic E-state index is 0.266. The van der Waals surface area contributed by atoms with Crippen molar-refractivity contribution in [2.24, 2.45) is 0 Å². The average Bonchev–Trinajstić information content (AvgIpc) is 2.76. The van der Waals surface area contributed by atoms with Crippen molar-refractivity contribution in [3.05, 3.63) is 42.2 Å². The molecule has 1 N–H and O–H groups in total. The lowest BCUT2D eigenvalue weighted by molar-refractivity contribution is 0.305. The Kier molecular flexibility index (Phi) is 3.10. The minimum Gasteiger partial charge on any atom is -0.508 e. The van der Waals surface area contributed by atoms with Gasteiger partial charge in [0.05, 0.1) is 12.4 Å². The number of phenolic OH excluding ortho intramolecular Hbond substituents is 1. The van der Waals surface area contributed by atoms with Crippen LogP contribution in [0.15, 0.2) is 36.7 Å². The lowest BCUT2D eigenvalue weighted by Crippen LogP contribution is -1.94. The fraction of sp³-hybridized carbons (Fsp3) is 0.250. The van der Waals surface area contributed by atoms with E-state index >= 15 is 0 Å².